The van der Waals surface area contributed by atoms with Gasteiger partial charge in [-0.25, -0.2) is 4.39 Å². The van der Waals surface area contributed by atoms with Gasteiger partial charge >= 0.3 is 0 Å². The highest BCUT2D eigenvalue weighted by atomic mass is 19.1. The first-order chi connectivity index (χ1) is 9.60. The van der Waals surface area contributed by atoms with Crippen LogP contribution in [0.4, 0.5) is 10.1 Å². The first-order valence-corrected chi connectivity index (χ1v) is 7.52. The summed E-state index contributed by atoms with van der Waals surface area (Å²) in [5.41, 5.74) is 5.64. The lowest BCUT2D eigenvalue weighted by Gasteiger charge is -2.31. The molecule has 0 bridgehead atoms. The van der Waals surface area contributed by atoms with Crippen molar-refractivity contribution in [2.75, 3.05) is 24.5 Å². The number of rotatable bonds is 6. The van der Waals surface area contributed by atoms with Crippen LogP contribution in [-0.2, 0) is 0 Å². The zero-order chi connectivity index (χ0) is 14.6. The van der Waals surface area contributed by atoms with Crippen molar-refractivity contribution in [2.45, 2.75) is 38.2 Å². The van der Waals surface area contributed by atoms with Crippen LogP contribution in [-0.4, -0.2) is 30.3 Å². The van der Waals surface area contributed by atoms with Gasteiger partial charge in [0.2, 0.25) is 0 Å². The molecule has 1 fully saturated rings. The number of benzene rings is 1. The third kappa shape index (κ3) is 3.13. The van der Waals surface area contributed by atoms with Gasteiger partial charge in [0.25, 0.3) is 0 Å². The van der Waals surface area contributed by atoms with E-state index in [4.69, 9.17) is 5.73 Å². The Morgan fingerprint density at radius 2 is 2.20 bits per heavy atom. The van der Waals surface area contributed by atoms with Crippen molar-refractivity contribution >= 4 is 5.69 Å². The van der Waals surface area contributed by atoms with Crippen LogP contribution in [0, 0.1) is 11.7 Å². The largest absolute Gasteiger partial charge is 0.388 e. The van der Waals surface area contributed by atoms with Gasteiger partial charge in [-0.05, 0) is 44.2 Å². The van der Waals surface area contributed by atoms with Gasteiger partial charge in [0.15, 0.2) is 0 Å². The molecule has 1 aromatic rings. The van der Waals surface area contributed by atoms with Crippen LogP contribution in [0.15, 0.2) is 24.3 Å². The van der Waals surface area contributed by atoms with E-state index in [9.17, 15) is 9.50 Å². The molecule has 3 N–H and O–H groups in total. The van der Waals surface area contributed by atoms with Crippen molar-refractivity contribution in [3.05, 3.63) is 30.1 Å². The number of hydrogen-bond acceptors (Lipinski definition) is 3. The summed E-state index contributed by atoms with van der Waals surface area (Å²) in [6, 6.07) is 6.86. The van der Waals surface area contributed by atoms with E-state index in [0.29, 0.717) is 12.2 Å². The molecule has 0 spiro atoms. The van der Waals surface area contributed by atoms with E-state index in [2.05, 4.69) is 0 Å². The molecule has 0 aliphatic heterocycles. The third-order valence-electron chi connectivity index (χ3n) is 4.60. The number of nitrogens with zero attached hydrogens (tertiary/aromatic N) is 1. The second-order valence-electron chi connectivity index (χ2n) is 5.72. The fourth-order valence-corrected chi connectivity index (χ4v) is 3.28. The Hall–Kier alpha value is -1.13. The Morgan fingerprint density at radius 1 is 1.45 bits per heavy atom. The summed E-state index contributed by atoms with van der Waals surface area (Å²) in [5.74, 6) is 0.0446. The molecule has 0 aromatic heterocycles. The van der Waals surface area contributed by atoms with Crippen LogP contribution >= 0.6 is 0 Å². The Bertz CT molecular complexity index is 440. The van der Waals surface area contributed by atoms with Crippen LogP contribution in [0.1, 0.15) is 32.6 Å². The van der Waals surface area contributed by atoms with E-state index in [-0.39, 0.29) is 11.7 Å². The molecule has 2 atom stereocenters. The highest BCUT2D eigenvalue weighted by molar-refractivity contribution is 5.47. The molecule has 1 aliphatic rings. The summed E-state index contributed by atoms with van der Waals surface area (Å²) in [6.07, 6.45) is 3.70. The molecule has 1 saturated carbocycles. The highest BCUT2D eigenvalue weighted by Gasteiger charge is 2.39. The summed E-state index contributed by atoms with van der Waals surface area (Å²) in [6.45, 7) is 3.86. The first-order valence-electron chi connectivity index (χ1n) is 7.52. The quantitative estimate of drug-likeness (QED) is 0.842. The van der Waals surface area contributed by atoms with Gasteiger partial charge in [0.1, 0.15) is 5.82 Å². The summed E-state index contributed by atoms with van der Waals surface area (Å²) >= 11 is 0. The number of aliphatic hydroxyl groups is 1. The number of hydrogen-bond donors (Lipinski definition) is 2. The standard InChI is InChI=1S/C16H25FN2O/c1-2-19(15-8-4-3-7-14(15)17)11-9-13-6-5-10-16(13,20)12-18/h3-4,7-8,13,20H,2,5-6,9-12,18H2,1H3. The molecule has 1 aliphatic carbocycles. The van der Waals surface area contributed by atoms with Gasteiger partial charge in [-0.2, -0.15) is 0 Å². The molecule has 4 heteroatoms. The molecule has 2 unspecified atom stereocenters. The average molecular weight is 280 g/mol. The topological polar surface area (TPSA) is 49.5 Å². The summed E-state index contributed by atoms with van der Waals surface area (Å²) < 4.78 is 13.8. The monoisotopic (exact) mass is 280 g/mol. The third-order valence-corrected chi connectivity index (χ3v) is 4.60. The fourth-order valence-electron chi connectivity index (χ4n) is 3.28. The van der Waals surface area contributed by atoms with Gasteiger partial charge in [-0.1, -0.05) is 18.6 Å². The molecular formula is C16H25FN2O. The maximum Gasteiger partial charge on any atom is 0.146 e. The van der Waals surface area contributed by atoms with Crippen molar-refractivity contribution in [3.63, 3.8) is 0 Å². The smallest absolute Gasteiger partial charge is 0.146 e. The summed E-state index contributed by atoms with van der Waals surface area (Å²) in [4.78, 5) is 2.03. The number of nitrogens with two attached hydrogens (primary N) is 1. The van der Waals surface area contributed by atoms with Crippen LogP contribution < -0.4 is 10.6 Å². The molecule has 0 amide bonds. The van der Waals surface area contributed by atoms with Gasteiger partial charge < -0.3 is 15.7 Å². The minimum atomic E-state index is -0.714. The highest BCUT2D eigenvalue weighted by Crippen LogP contribution is 2.37. The molecule has 112 valence electrons. The Morgan fingerprint density at radius 3 is 2.85 bits per heavy atom. The zero-order valence-electron chi connectivity index (χ0n) is 12.2. The van der Waals surface area contributed by atoms with Crippen LogP contribution in [0.2, 0.25) is 0 Å². The SMILES string of the molecule is CCN(CCC1CCCC1(O)CN)c1ccccc1F. The van der Waals surface area contributed by atoms with E-state index in [1.165, 1.54) is 6.07 Å². The van der Waals surface area contributed by atoms with Gasteiger partial charge in [-0.15, -0.1) is 0 Å². The Labute approximate surface area is 120 Å². The number of anilines is 1. The minimum Gasteiger partial charge on any atom is -0.388 e. The molecule has 0 heterocycles. The van der Waals surface area contributed by atoms with E-state index in [1.54, 1.807) is 6.07 Å². The second-order valence-corrected chi connectivity index (χ2v) is 5.72. The second kappa shape index (κ2) is 6.55. The lowest BCUT2D eigenvalue weighted by molar-refractivity contribution is 0.00888. The normalized spacial score (nSPS) is 25.9. The predicted molar refractivity (Wildman–Crippen MR) is 80.2 cm³/mol. The molecule has 0 radical (unpaired) electrons. The van der Waals surface area contributed by atoms with Crippen molar-refractivity contribution in [1.29, 1.82) is 0 Å². The van der Waals surface area contributed by atoms with E-state index < -0.39 is 5.60 Å². The summed E-state index contributed by atoms with van der Waals surface area (Å²) in [5, 5.41) is 10.5. The molecule has 3 nitrogen and oxygen atoms in total. The van der Waals surface area contributed by atoms with Crippen molar-refractivity contribution in [2.24, 2.45) is 11.7 Å². The molecule has 2 rings (SSSR count). The van der Waals surface area contributed by atoms with Gasteiger partial charge in [0.05, 0.1) is 11.3 Å². The lowest BCUT2D eigenvalue weighted by atomic mass is 9.88. The van der Waals surface area contributed by atoms with Crippen LogP contribution in [0.5, 0.6) is 0 Å². The van der Waals surface area contributed by atoms with E-state index >= 15 is 0 Å². The van der Waals surface area contributed by atoms with Gasteiger partial charge in [0, 0.05) is 19.6 Å². The minimum absolute atomic E-state index is 0.185. The molecule has 0 saturated heterocycles. The molecule has 20 heavy (non-hydrogen) atoms. The number of halogens is 1. The molecule has 1 aromatic carbocycles. The van der Waals surface area contributed by atoms with E-state index in [0.717, 1.165) is 38.8 Å². The fraction of sp³-hybridized carbons (Fsp3) is 0.625. The van der Waals surface area contributed by atoms with Crippen molar-refractivity contribution in [3.8, 4) is 0 Å². The lowest BCUT2D eigenvalue weighted by Crippen LogP contribution is -2.42. The summed E-state index contributed by atoms with van der Waals surface area (Å²) in [7, 11) is 0. The predicted octanol–water partition coefficient (Wildman–Crippen LogP) is 2.53. The number of para-hydroxylation sites is 1. The van der Waals surface area contributed by atoms with Crippen molar-refractivity contribution in [1.82, 2.24) is 0 Å². The van der Waals surface area contributed by atoms with Crippen molar-refractivity contribution < 1.29 is 9.50 Å². The van der Waals surface area contributed by atoms with E-state index in [1.807, 2.05) is 24.0 Å². The van der Waals surface area contributed by atoms with Crippen LogP contribution in [0.3, 0.4) is 0 Å². The average Bonchev–Trinajstić information content (AvgIpc) is 2.83. The van der Waals surface area contributed by atoms with Gasteiger partial charge in [-0.3, -0.25) is 0 Å². The first kappa shape index (κ1) is 15.3. The van der Waals surface area contributed by atoms with Crippen LogP contribution in [0.25, 0.3) is 0 Å². The maximum atomic E-state index is 13.8. The zero-order valence-corrected chi connectivity index (χ0v) is 12.2. The Kier molecular flexibility index (Phi) is 5.00. The molecular weight excluding hydrogens is 255 g/mol. The Balaban J connectivity index is 2.00. The maximum absolute atomic E-state index is 13.8.